The molecule has 1 atom stereocenters. The minimum atomic E-state index is -0.894. The molecule has 0 aromatic heterocycles. The number of hydrogen-bond acceptors (Lipinski definition) is 4. The summed E-state index contributed by atoms with van der Waals surface area (Å²) in [6, 6.07) is 16.4. The molecule has 0 saturated heterocycles. The molecule has 2 aromatic carbocycles. The fourth-order valence-corrected chi connectivity index (χ4v) is 2.12. The summed E-state index contributed by atoms with van der Waals surface area (Å²) in [7, 11) is 0. The van der Waals surface area contributed by atoms with Gasteiger partial charge in [-0.05, 0) is 35.7 Å². The van der Waals surface area contributed by atoms with Crippen molar-refractivity contribution in [1.29, 1.82) is 5.26 Å². The highest BCUT2D eigenvalue weighted by atomic mass is 16.5. The Bertz CT molecular complexity index is 697. The lowest BCUT2D eigenvalue weighted by atomic mass is 9.97. The number of rotatable bonds is 5. The monoisotopic (exact) mass is 293 g/mol. The van der Waals surface area contributed by atoms with E-state index in [4.69, 9.17) is 10.00 Å². The molecule has 0 fully saturated rings. The van der Waals surface area contributed by atoms with Crippen molar-refractivity contribution in [2.24, 2.45) is 0 Å². The van der Waals surface area contributed by atoms with Crippen LogP contribution in [-0.2, 0) is 14.3 Å². The Labute approximate surface area is 129 Å². The molecule has 4 heteroatoms. The number of carbonyl (C=O) groups excluding carboxylic acids is 2. The molecule has 110 valence electrons. The maximum atomic E-state index is 11.7. The molecule has 0 saturated carbocycles. The molecule has 2 aromatic rings. The molecule has 22 heavy (non-hydrogen) atoms. The second-order valence-corrected chi connectivity index (χ2v) is 4.68. The summed E-state index contributed by atoms with van der Waals surface area (Å²) < 4.78 is 4.89. The van der Waals surface area contributed by atoms with Crippen molar-refractivity contribution in [3.63, 3.8) is 0 Å². The average molecular weight is 293 g/mol. The highest BCUT2D eigenvalue weighted by molar-refractivity contribution is 5.94. The van der Waals surface area contributed by atoms with Crippen molar-refractivity contribution in [2.45, 2.75) is 12.8 Å². The van der Waals surface area contributed by atoms with Gasteiger partial charge in [-0.25, -0.2) is 0 Å². The molecule has 0 aliphatic heterocycles. The molecule has 2 rings (SSSR count). The van der Waals surface area contributed by atoms with Crippen LogP contribution in [0.25, 0.3) is 11.1 Å². The number of ether oxygens (including phenoxy) is 1. The number of aldehydes is 1. The fourth-order valence-electron chi connectivity index (χ4n) is 2.12. The molecule has 0 aliphatic rings. The molecule has 0 radical (unpaired) electrons. The summed E-state index contributed by atoms with van der Waals surface area (Å²) in [6.45, 7) is 1.94. The Morgan fingerprint density at radius 1 is 1.14 bits per heavy atom. The second-order valence-electron chi connectivity index (χ2n) is 4.68. The maximum absolute atomic E-state index is 11.7. The normalized spacial score (nSPS) is 11.3. The summed E-state index contributed by atoms with van der Waals surface area (Å²) >= 11 is 0. The van der Waals surface area contributed by atoms with E-state index in [0.29, 0.717) is 17.4 Å². The average Bonchev–Trinajstić information content (AvgIpc) is 2.56. The Morgan fingerprint density at radius 3 is 2.14 bits per heavy atom. The number of esters is 1. The van der Waals surface area contributed by atoms with Gasteiger partial charge in [-0.15, -0.1) is 0 Å². The van der Waals surface area contributed by atoms with Gasteiger partial charge in [0.05, 0.1) is 18.2 Å². The van der Waals surface area contributed by atoms with E-state index in [1.54, 1.807) is 31.2 Å². The minimum Gasteiger partial charge on any atom is -0.465 e. The molecular formula is C18H15NO3. The summed E-state index contributed by atoms with van der Waals surface area (Å²) in [5.74, 6) is -1.43. The van der Waals surface area contributed by atoms with Crippen molar-refractivity contribution in [2.75, 3.05) is 6.61 Å². The third-order valence-electron chi connectivity index (χ3n) is 3.29. The van der Waals surface area contributed by atoms with Crippen LogP contribution < -0.4 is 0 Å². The van der Waals surface area contributed by atoms with Gasteiger partial charge < -0.3 is 9.53 Å². The minimum absolute atomic E-state index is 0.243. The summed E-state index contributed by atoms with van der Waals surface area (Å²) in [4.78, 5) is 22.8. The first kappa shape index (κ1) is 15.5. The predicted molar refractivity (Wildman–Crippen MR) is 82.0 cm³/mol. The van der Waals surface area contributed by atoms with Gasteiger partial charge in [-0.3, -0.25) is 4.79 Å². The zero-order chi connectivity index (χ0) is 15.9. The Kier molecular flexibility index (Phi) is 5.05. The van der Waals surface area contributed by atoms with E-state index in [2.05, 4.69) is 6.07 Å². The number of hydrogen-bond donors (Lipinski definition) is 0. The van der Waals surface area contributed by atoms with Crippen LogP contribution in [0, 0.1) is 11.3 Å². The molecule has 0 bridgehead atoms. The van der Waals surface area contributed by atoms with E-state index in [-0.39, 0.29) is 6.61 Å². The van der Waals surface area contributed by atoms with Crippen molar-refractivity contribution in [3.8, 4) is 17.2 Å². The van der Waals surface area contributed by atoms with Crippen LogP contribution in [0.4, 0.5) is 0 Å². The molecule has 0 N–H and O–H groups in total. The lowest BCUT2D eigenvalue weighted by molar-refractivity contribution is -0.146. The molecule has 0 aliphatic carbocycles. The topological polar surface area (TPSA) is 67.2 Å². The highest BCUT2D eigenvalue weighted by Gasteiger charge is 2.20. The van der Waals surface area contributed by atoms with Gasteiger partial charge >= 0.3 is 5.97 Å². The Morgan fingerprint density at radius 2 is 1.68 bits per heavy atom. The standard InChI is InChI=1S/C18H15NO3/c1-2-22-18(21)17(12-20)16-9-7-15(8-10-16)14-5-3-13(11-19)4-6-14/h3-10,12,17H,2H2,1H3. The molecule has 0 amide bonds. The van der Waals surface area contributed by atoms with Crippen LogP contribution in [0.2, 0.25) is 0 Å². The lowest BCUT2D eigenvalue weighted by Gasteiger charge is -2.10. The van der Waals surface area contributed by atoms with Gasteiger partial charge in [0.1, 0.15) is 12.2 Å². The van der Waals surface area contributed by atoms with Gasteiger partial charge in [0.15, 0.2) is 0 Å². The largest absolute Gasteiger partial charge is 0.465 e. The third-order valence-corrected chi connectivity index (χ3v) is 3.29. The van der Waals surface area contributed by atoms with Gasteiger partial charge in [-0.1, -0.05) is 36.4 Å². The van der Waals surface area contributed by atoms with Gasteiger partial charge in [0, 0.05) is 0 Å². The summed E-state index contributed by atoms with van der Waals surface area (Å²) in [5.41, 5.74) is 3.11. The molecule has 4 nitrogen and oxygen atoms in total. The Balaban J connectivity index is 2.23. The molecule has 0 spiro atoms. The molecular weight excluding hydrogens is 278 g/mol. The van der Waals surface area contributed by atoms with Gasteiger partial charge in [0.2, 0.25) is 0 Å². The smallest absolute Gasteiger partial charge is 0.320 e. The van der Waals surface area contributed by atoms with Crippen LogP contribution in [0.5, 0.6) is 0 Å². The maximum Gasteiger partial charge on any atom is 0.320 e. The zero-order valence-electron chi connectivity index (χ0n) is 12.2. The van der Waals surface area contributed by atoms with E-state index in [1.807, 2.05) is 24.3 Å². The van der Waals surface area contributed by atoms with E-state index in [1.165, 1.54) is 0 Å². The van der Waals surface area contributed by atoms with E-state index >= 15 is 0 Å². The van der Waals surface area contributed by atoms with E-state index < -0.39 is 11.9 Å². The first-order valence-corrected chi connectivity index (χ1v) is 6.92. The van der Waals surface area contributed by atoms with E-state index in [0.717, 1.165) is 11.1 Å². The quantitative estimate of drug-likeness (QED) is 0.482. The Hall–Kier alpha value is -2.93. The van der Waals surface area contributed by atoms with Crippen LogP contribution >= 0.6 is 0 Å². The van der Waals surface area contributed by atoms with Crippen LogP contribution in [0.3, 0.4) is 0 Å². The lowest BCUT2D eigenvalue weighted by Crippen LogP contribution is -2.17. The molecule has 1 unspecified atom stereocenters. The number of benzene rings is 2. The fraction of sp³-hybridized carbons (Fsp3) is 0.167. The second kappa shape index (κ2) is 7.19. The first-order valence-electron chi connectivity index (χ1n) is 6.92. The summed E-state index contributed by atoms with van der Waals surface area (Å²) in [5, 5.41) is 8.79. The highest BCUT2D eigenvalue weighted by Crippen LogP contribution is 2.23. The van der Waals surface area contributed by atoms with E-state index in [9.17, 15) is 9.59 Å². The van der Waals surface area contributed by atoms with Crippen LogP contribution in [-0.4, -0.2) is 18.9 Å². The predicted octanol–water partition coefficient (Wildman–Crippen LogP) is 3.07. The van der Waals surface area contributed by atoms with Crippen molar-refractivity contribution in [3.05, 3.63) is 59.7 Å². The number of nitrogens with zero attached hydrogens (tertiary/aromatic N) is 1. The van der Waals surface area contributed by atoms with Crippen LogP contribution in [0.15, 0.2) is 48.5 Å². The molecule has 0 heterocycles. The zero-order valence-corrected chi connectivity index (χ0v) is 12.2. The first-order chi connectivity index (χ1) is 10.7. The third kappa shape index (κ3) is 3.39. The van der Waals surface area contributed by atoms with Crippen LogP contribution in [0.1, 0.15) is 24.0 Å². The summed E-state index contributed by atoms with van der Waals surface area (Å²) in [6.07, 6.45) is 0.592. The van der Waals surface area contributed by atoms with Crippen molar-refractivity contribution in [1.82, 2.24) is 0 Å². The van der Waals surface area contributed by atoms with Gasteiger partial charge in [-0.2, -0.15) is 5.26 Å². The van der Waals surface area contributed by atoms with Crippen molar-refractivity contribution >= 4 is 12.3 Å². The number of nitriles is 1. The number of carbonyl (C=O) groups is 2. The SMILES string of the molecule is CCOC(=O)C(C=O)c1ccc(-c2ccc(C#N)cc2)cc1. The van der Waals surface area contributed by atoms with Gasteiger partial charge in [0.25, 0.3) is 0 Å². The van der Waals surface area contributed by atoms with Crippen molar-refractivity contribution < 1.29 is 14.3 Å².